The van der Waals surface area contributed by atoms with Crippen molar-refractivity contribution in [1.29, 1.82) is 0 Å². The Bertz CT molecular complexity index is 1740. The van der Waals surface area contributed by atoms with E-state index in [-0.39, 0.29) is 29.4 Å². The molecule has 0 aliphatic carbocycles. The summed E-state index contributed by atoms with van der Waals surface area (Å²) in [5.74, 6) is -1.84. The third kappa shape index (κ3) is 5.91. The minimum absolute atomic E-state index is 0.109. The quantitative estimate of drug-likeness (QED) is 0.221. The van der Waals surface area contributed by atoms with Crippen LogP contribution in [0.1, 0.15) is 0 Å². The van der Waals surface area contributed by atoms with E-state index in [2.05, 4.69) is 30.8 Å². The molecule has 0 aliphatic rings. The van der Waals surface area contributed by atoms with Gasteiger partial charge in [-0.1, -0.05) is 5.21 Å². The molecule has 3 aromatic carbocycles. The molecule has 0 spiro atoms. The van der Waals surface area contributed by atoms with E-state index < -0.39 is 23.5 Å². The molecule has 2 aromatic heterocycles. The van der Waals surface area contributed by atoms with Crippen LogP contribution >= 0.6 is 0 Å². The molecule has 10 nitrogen and oxygen atoms in total. The minimum atomic E-state index is -0.976. The molecule has 0 saturated carbocycles. The van der Waals surface area contributed by atoms with Crippen molar-refractivity contribution in [2.45, 2.75) is 6.54 Å². The Balaban J connectivity index is 1.30. The molecule has 5 aromatic rings. The van der Waals surface area contributed by atoms with Crippen LogP contribution in [-0.2, 0) is 6.54 Å². The first-order valence-corrected chi connectivity index (χ1v) is 11.7. The zero-order valence-electron chi connectivity index (χ0n) is 20.4. The number of urea groups is 1. The van der Waals surface area contributed by atoms with Crippen LogP contribution in [0.5, 0.6) is 17.2 Å². The number of fused-ring (bicyclic) bond motifs is 1. The van der Waals surface area contributed by atoms with Crippen molar-refractivity contribution >= 4 is 34.0 Å². The molecule has 40 heavy (non-hydrogen) atoms. The summed E-state index contributed by atoms with van der Waals surface area (Å²) in [6.45, 7) is 8.25. The number of nitrogens with zero attached hydrogens (tertiary/aromatic N) is 5. The highest BCUT2D eigenvalue weighted by Gasteiger charge is 2.14. The van der Waals surface area contributed by atoms with Gasteiger partial charge in [0.1, 0.15) is 41.3 Å². The Morgan fingerprint density at radius 2 is 1.73 bits per heavy atom. The van der Waals surface area contributed by atoms with E-state index in [9.17, 15) is 18.0 Å². The molecular weight excluding hydrogens is 527 g/mol. The van der Waals surface area contributed by atoms with Crippen molar-refractivity contribution in [2.75, 3.05) is 17.2 Å². The lowest BCUT2D eigenvalue weighted by molar-refractivity contribution is 0.262. The van der Waals surface area contributed by atoms with Gasteiger partial charge in [0.25, 0.3) is 0 Å². The van der Waals surface area contributed by atoms with E-state index in [0.717, 1.165) is 18.2 Å². The van der Waals surface area contributed by atoms with Gasteiger partial charge in [0.15, 0.2) is 0 Å². The lowest BCUT2D eigenvalue weighted by atomic mass is 10.1. The van der Waals surface area contributed by atoms with Crippen LogP contribution in [0, 0.1) is 24.0 Å². The maximum Gasteiger partial charge on any atom is 0.323 e. The highest BCUT2D eigenvalue weighted by atomic mass is 19.1. The topological polar surface area (TPSA) is 108 Å². The zero-order valence-corrected chi connectivity index (χ0v) is 20.4. The number of nitrogens with one attached hydrogen (secondary N) is 2. The number of hydrogen-bond acceptors (Lipinski definition) is 6. The fourth-order valence-corrected chi connectivity index (χ4v) is 3.68. The van der Waals surface area contributed by atoms with Crippen LogP contribution in [0.2, 0.25) is 0 Å². The molecule has 0 radical (unpaired) electrons. The monoisotopic (exact) mass is 545 g/mol. The van der Waals surface area contributed by atoms with Gasteiger partial charge in [-0.05, 0) is 42.5 Å². The SMILES string of the molecule is [C-]#[N+]c1cc2c(Oc3ccc(NC(=O)Nc4ccc(F)cc4F)c(F)c3)ccnc2cc1OCCn1ccnn1. The number of carbonyl (C=O) groups is 1. The second kappa shape index (κ2) is 11.4. The fraction of sp³-hybridized carbons (Fsp3) is 0.0741. The summed E-state index contributed by atoms with van der Waals surface area (Å²) in [6, 6.07) is 10.2. The van der Waals surface area contributed by atoms with Crippen LogP contribution in [0.4, 0.5) is 35.0 Å². The molecule has 0 atom stereocenters. The predicted molar refractivity (Wildman–Crippen MR) is 139 cm³/mol. The van der Waals surface area contributed by atoms with Crippen LogP contribution in [0.25, 0.3) is 15.7 Å². The van der Waals surface area contributed by atoms with Gasteiger partial charge in [-0.3, -0.25) is 4.98 Å². The first kappa shape index (κ1) is 26.0. The van der Waals surface area contributed by atoms with Gasteiger partial charge in [0.2, 0.25) is 5.69 Å². The first-order chi connectivity index (χ1) is 19.4. The molecule has 0 saturated heterocycles. The average Bonchev–Trinajstić information content (AvgIpc) is 3.45. The number of rotatable bonds is 8. The third-order valence-corrected chi connectivity index (χ3v) is 5.55. The normalized spacial score (nSPS) is 10.7. The molecule has 200 valence electrons. The highest BCUT2D eigenvalue weighted by Crippen LogP contribution is 2.37. The number of benzene rings is 3. The van der Waals surface area contributed by atoms with Crippen molar-refractivity contribution < 1.29 is 27.4 Å². The summed E-state index contributed by atoms with van der Waals surface area (Å²) in [4.78, 5) is 20.0. The lowest BCUT2D eigenvalue weighted by Gasteiger charge is -2.13. The zero-order chi connectivity index (χ0) is 28.1. The van der Waals surface area contributed by atoms with Gasteiger partial charge in [0, 0.05) is 29.9 Å². The largest absolute Gasteiger partial charge is 0.503 e. The molecule has 0 bridgehead atoms. The van der Waals surface area contributed by atoms with Crippen molar-refractivity contribution in [3.8, 4) is 17.2 Å². The van der Waals surface area contributed by atoms with Crippen molar-refractivity contribution in [3.63, 3.8) is 0 Å². The van der Waals surface area contributed by atoms with E-state index in [1.165, 1.54) is 18.3 Å². The Hall–Kier alpha value is -5.64. The molecule has 13 heteroatoms. The summed E-state index contributed by atoms with van der Waals surface area (Å²) in [5, 5.41) is 12.5. The molecular formula is C27H18F3N7O3. The van der Waals surface area contributed by atoms with E-state index in [0.29, 0.717) is 35.0 Å². The number of anilines is 2. The van der Waals surface area contributed by atoms with E-state index in [1.807, 2.05) is 0 Å². The first-order valence-electron chi connectivity index (χ1n) is 11.7. The van der Waals surface area contributed by atoms with E-state index in [4.69, 9.17) is 16.0 Å². The number of amides is 2. The smallest absolute Gasteiger partial charge is 0.323 e. The third-order valence-electron chi connectivity index (χ3n) is 5.55. The van der Waals surface area contributed by atoms with Gasteiger partial charge in [0.05, 0.1) is 36.2 Å². The standard InChI is InChI=1S/C27H18F3N7O3/c1-31-24-14-18-23(15-26(24)39-11-10-37-9-8-33-36-37)32-7-6-25(18)40-17-3-5-22(20(30)13-17)35-27(38)34-21-4-2-16(28)12-19(21)29/h2-9,12-15H,10-11H2,(H2,34,35,38). The van der Waals surface area contributed by atoms with Crippen molar-refractivity contribution in [3.05, 3.63) is 102 Å². The number of hydrogen-bond donors (Lipinski definition) is 2. The number of ether oxygens (including phenoxy) is 2. The average molecular weight is 545 g/mol. The summed E-state index contributed by atoms with van der Waals surface area (Å²) >= 11 is 0. The van der Waals surface area contributed by atoms with Crippen LogP contribution in [-0.4, -0.2) is 32.6 Å². The highest BCUT2D eigenvalue weighted by molar-refractivity contribution is 6.00. The molecule has 0 aliphatic heterocycles. The Morgan fingerprint density at radius 3 is 2.42 bits per heavy atom. The molecule has 0 fully saturated rings. The summed E-state index contributed by atoms with van der Waals surface area (Å²) < 4.78 is 54.8. The summed E-state index contributed by atoms with van der Waals surface area (Å²) in [5.41, 5.74) is 0.253. The molecule has 5 rings (SSSR count). The van der Waals surface area contributed by atoms with Gasteiger partial charge in [-0.2, -0.15) is 0 Å². The fourth-order valence-electron chi connectivity index (χ4n) is 3.68. The molecule has 2 amide bonds. The summed E-state index contributed by atoms with van der Waals surface area (Å²) in [7, 11) is 0. The Labute approximate surface area is 224 Å². The minimum Gasteiger partial charge on any atom is -0.503 e. The van der Waals surface area contributed by atoms with Gasteiger partial charge in [-0.15, -0.1) is 5.10 Å². The maximum absolute atomic E-state index is 14.8. The van der Waals surface area contributed by atoms with Gasteiger partial charge in [-0.25, -0.2) is 27.5 Å². The van der Waals surface area contributed by atoms with Crippen molar-refractivity contribution in [2.24, 2.45) is 0 Å². The number of pyridine rings is 1. The molecule has 2 heterocycles. The Kier molecular flexibility index (Phi) is 7.41. The van der Waals surface area contributed by atoms with Crippen LogP contribution < -0.4 is 20.1 Å². The number of aromatic nitrogens is 4. The second-order valence-corrected chi connectivity index (χ2v) is 8.22. The van der Waals surface area contributed by atoms with Gasteiger partial charge >= 0.3 is 6.03 Å². The van der Waals surface area contributed by atoms with E-state index >= 15 is 0 Å². The summed E-state index contributed by atoms with van der Waals surface area (Å²) in [6.07, 6.45) is 4.75. The number of carbonyl (C=O) groups excluding carboxylic acids is 1. The second-order valence-electron chi connectivity index (χ2n) is 8.22. The van der Waals surface area contributed by atoms with Gasteiger partial charge < -0.3 is 20.1 Å². The van der Waals surface area contributed by atoms with E-state index in [1.54, 1.807) is 35.3 Å². The molecule has 2 N–H and O–H groups in total. The number of halogens is 3. The maximum atomic E-state index is 14.8. The molecule has 0 unspecified atom stereocenters. The Morgan fingerprint density at radius 1 is 0.950 bits per heavy atom. The van der Waals surface area contributed by atoms with Crippen molar-refractivity contribution in [1.82, 2.24) is 20.0 Å². The lowest BCUT2D eigenvalue weighted by Crippen LogP contribution is -2.20. The van der Waals surface area contributed by atoms with Crippen LogP contribution in [0.3, 0.4) is 0 Å². The van der Waals surface area contributed by atoms with Crippen LogP contribution in [0.15, 0.2) is 73.2 Å². The predicted octanol–water partition coefficient (Wildman–Crippen LogP) is 6.31.